The zero-order valence-corrected chi connectivity index (χ0v) is 7.10. The molecule has 1 aromatic rings. The Morgan fingerprint density at radius 3 is 3.00 bits per heavy atom. The molecule has 12 heavy (non-hydrogen) atoms. The van der Waals surface area contributed by atoms with Gasteiger partial charge in [0.2, 0.25) is 0 Å². The van der Waals surface area contributed by atoms with Crippen molar-refractivity contribution in [2.75, 3.05) is 0 Å². The summed E-state index contributed by atoms with van der Waals surface area (Å²) in [6, 6.07) is 0. The lowest BCUT2D eigenvalue weighted by molar-refractivity contribution is 0.324. The Hall–Kier alpha value is -1.19. The summed E-state index contributed by atoms with van der Waals surface area (Å²) in [5.74, 6) is 0. The van der Waals surface area contributed by atoms with E-state index in [9.17, 15) is 9.18 Å². The van der Waals surface area contributed by atoms with Crippen molar-refractivity contribution in [1.82, 2.24) is 9.97 Å². The smallest absolute Gasteiger partial charge is 0.253 e. The van der Waals surface area contributed by atoms with Crippen LogP contribution in [0.4, 0.5) is 4.39 Å². The first-order valence-corrected chi connectivity index (χ1v) is 3.85. The van der Waals surface area contributed by atoms with E-state index >= 15 is 0 Å². The van der Waals surface area contributed by atoms with E-state index in [-0.39, 0.29) is 11.3 Å². The predicted molar refractivity (Wildman–Crippen MR) is 43.7 cm³/mol. The average Bonchev–Trinajstić information content (AvgIpc) is 2.08. The number of H-pyrrole nitrogens is 1. The van der Waals surface area contributed by atoms with E-state index in [0.29, 0.717) is 12.0 Å². The first-order valence-electron chi connectivity index (χ1n) is 3.85. The molecular weight excluding hydrogens is 159 g/mol. The van der Waals surface area contributed by atoms with E-state index in [2.05, 4.69) is 9.97 Å². The highest BCUT2D eigenvalue weighted by Gasteiger charge is 2.12. The van der Waals surface area contributed by atoms with Crippen LogP contribution in [0.3, 0.4) is 0 Å². The fourth-order valence-corrected chi connectivity index (χ4v) is 0.991. The Labute approximate surface area is 69.7 Å². The van der Waals surface area contributed by atoms with Crippen LogP contribution in [-0.2, 0) is 0 Å². The highest BCUT2D eigenvalue weighted by Crippen LogP contribution is 2.18. The van der Waals surface area contributed by atoms with Gasteiger partial charge < -0.3 is 4.98 Å². The molecule has 66 valence electrons. The molecule has 0 fully saturated rings. The fourth-order valence-electron chi connectivity index (χ4n) is 0.991. The lowest BCUT2D eigenvalue weighted by atomic mass is 10.1. The Balaban J connectivity index is 3.16. The van der Waals surface area contributed by atoms with Gasteiger partial charge in [0, 0.05) is 5.56 Å². The third-order valence-electron chi connectivity index (χ3n) is 1.78. The van der Waals surface area contributed by atoms with Gasteiger partial charge in [-0.2, -0.15) is 0 Å². The number of alkyl halides is 1. The summed E-state index contributed by atoms with van der Waals surface area (Å²) in [5.41, 5.74) is 0.351. The van der Waals surface area contributed by atoms with Gasteiger partial charge in [-0.25, -0.2) is 9.37 Å². The molecular formula is C8H11FN2O. The highest BCUT2D eigenvalue weighted by atomic mass is 19.1. The summed E-state index contributed by atoms with van der Waals surface area (Å²) in [7, 11) is 0. The molecule has 4 heteroatoms. The van der Waals surface area contributed by atoms with E-state index < -0.39 is 6.17 Å². The van der Waals surface area contributed by atoms with Gasteiger partial charge in [0.1, 0.15) is 6.17 Å². The van der Waals surface area contributed by atoms with Crippen molar-refractivity contribution in [3.8, 4) is 0 Å². The van der Waals surface area contributed by atoms with Crippen LogP contribution in [0.25, 0.3) is 0 Å². The zero-order valence-electron chi connectivity index (χ0n) is 7.10. The van der Waals surface area contributed by atoms with Crippen LogP contribution < -0.4 is 5.56 Å². The second-order valence-electron chi connectivity index (χ2n) is 2.62. The van der Waals surface area contributed by atoms with Gasteiger partial charge in [0.15, 0.2) is 0 Å². The Kier molecular flexibility index (Phi) is 2.58. The monoisotopic (exact) mass is 170 g/mol. The van der Waals surface area contributed by atoms with Crippen molar-refractivity contribution in [3.63, 3.8) is 0 Å². The van der Waals surface area contributed by atoms with Crippen LogP contribution in [0, 0.1) is 6.92 Å². The maximum atomic E-state index is 13.1. The molecule has 0 aliphatic rings. The van der Waals surface area contributed by atoms with Crippen molar-refractivity contribution in [2.24, 2.45) is 0 Å². The van der Waals surface area contributed by atoms with Crippen LogP contribution in [-0.4, -0.2) is 9.97 Å². The number of nitrogens with zero attached hydrogens (tertiary/aromatic N) is 1. The van der Waals surface area contributed by atoms with Crippen molar-refractivity contribution in [2.45, 2.75) is 26.4 Å². The molecule has 0 bridgehead atoms. The minimum atomic E-state index is -1.13. The van der Waals surface area contributed by atoms with E-state index in [1.807, 2.05) is 0 Å². The van der Waals surface area contributed by atoms with Crippen LogP contribution in [0.1, 0.15) is 30.8 Å². The second-order valence-corrected chi connectivity index (χ2v) is 2.62. The topological polar surface area (TPSA) is 45.8 Å². The number of halogens is 1. The summed E-state index contributed by atoms with van der Waals surface area (Å²) in [5, 5.41) is 0. The maximum Gasteiger partial charge on any atom is 0.253 e. The lowest BCUT2D eigenvalue weighted by Gasteiger charge is -2.05. The molecule has 0 radical (unpaired) electrons. The molecule has 1 unspecified atom stereocenters. The van der Waals surface area contributed by atoms with Crippen LogP contribution >= 0.6 is 0 Å². The zero-order chi connectivity index (χ0) is 9.14. The van der Waals surface area contributed by atoms with Crippen LogP contribution in [0.5, 0.6) is 0 Å². The third kappa shape index (κ3) is 1.52. The summed E-state index contributed by atoms with van der Waals surface area (Å²) >= 11 is 0. The van der Waals surface area contributed by atoms with Gasteiger partial charge in [-0.15, -0.1) is 0 Å². The van der Waals surface area contributed by atoms with Gasteiger partial charge in [-0.1, -0.05) is 6.92 Å². The maximum absolute atomic E-state index is 13.1. The molecule has 0 aliphatic heterocycles. The molecule has 1 atom stereocenters. The summed E-state index contributed by atoms with van der Waals surface area (Å²) in [6.07, 6.45) is 0.441. The van der Waals surface area contributed by atoms with Gasteiger partial charge in [0.05, 0.1) is 12.0 Å². The number of nitrogens with one attached hydrogen (secondary N) is 1. The largest absolute Gasteiger partial charge is 0.313 e. The Bertz CT molecular complexity index is 321. The quantitative estimate of drug-likeness (QED) is 0.731. The Morgan fingerprint density at radius 1 is 1.75 bits per heavy atom. The highest BCUT2D eigenvalue weighted by molar-refractivity contribution is 5.16. The van der Waals surface area contributed by atoms with E-state index in [0.717, 1.165) is 0 Å². The molecule has 0 aliphatic carbocycles. The molecule has 1 heterocycles. The number of hydrogen-bond donors (Lipinski definition) is 1. The SMILES string of the molecule is CCC(F)c1nc[nH]c(=O)c1C. The molecule has 1 aromatic heterocycles. The third-order valence-corrected chi connectivity index (χ3v) is 1.78. The minimum Gasteiger partial charge on any atom is -0.313 e. The minimum absolute atomic E-state index is 0.251. The van der Waals surface area contributed by atoms with E-state index in [1.165, 1.54) is 6.33 Å². The number of aromatic amines is 1. The summed E-state index contributed by atoms with van der Waals surface area (Å²) in [6.45, 7) is 3.29. The number of aromatic nitrogens is 2. The standard InChI is InChI=1S/C8H11FN2O/c1-3-6(9)7-5(2)8(12)11-4-10-7/h4,6H,3H2,1-2H3,(H,10,11,12). The molecule has 0 saturated carbocycles. The normalized spacial score (nSPS) is 12.9. The Morgan fingerprint density at radius 2 is 2.42 bits per heavy atom. The fraction of sp³-hybridized carbons (Fsp3) is 0.500. The molecule has 1 N–H and O–H groups in total. The second kappa shape index (κ2) is 3.47. The number of hydrogen-bond acceptors (Lipinski definition) is 2. The molecule has 0 saturated heterocycles. The lowest BCUT2D eigenvalue weighted by Crippen LogP contribution is -2.14. The van der Waals surface area contributed by atoms with Gasteiger partial charge in [-0.05, 0) is 13.3 Å². The van der Waals surface area contributed by atoms with Crippen molar-refractivity contribution >= 4 is 0 Å². The van der Waals surface area contributed by atoms with Crippen molar-refractivity contribution in [1.29, 1.82) is 0 Å². The van der Waals surface area contributed by atoms with Crippen molar-refractivity contribution in [3.05, 3.63) is 27.9 Å². The first kappa shape index (κ1) is 8.90. The van der Waals surface area contributed by atoms with Gasteiger partial charge >= 0.3 is 0 Å². The van der Waals surface area contributed by atoms with Crippen molar-refractivity contribution < 1.29 is 4.39 Å². The molecule has 3 nitrogen and oxygen atoms in total. The molecule has 0 amide bonds. The summed E-state index contributed by atoms with van der Waals surface area (Å²) < 4.78 is 13.1. The first-order chi connectivity index (χ1) is 5.66. The van der Waals surface area contributed by atoms with Gasteiger partial charge in [-0.3, -0.25) is 4.79 Å². The molecule has 0 spiro atoms. The van der Waals surface area contributed by atoms with E-state index in [4.69, 9.17) is 0 Å². The van der Waals surface area contributed by atoms with Gasteiger partial charge in [0.25, 0.3) is 5.56 Å². The van der Waals surface area contributed by atoms with Crippen LogP contribution in [0.2, 0.25) is 0 Å². The number of rotatable bonds is 2. The predicted octanol–water partition coefficient (Wildman–Crippen LogP) is 1.50. The molecule has 1 rings (SSSR count). The molecule has 0 aromatic carbocycles. The van der Waals surface area contributed by atoms with E-state index in [1.54, 1.807) is 13.8 Å². The summed E-state index contributed by atoms with van der Waals surface area (Å²) in [4.78, 5) is 17.2. The van der Waals surface area contributed by atoms with Crippen LogP contribution in [0.15, 0.2) is 11.1 Å². The average molecular weight is 170 g/mol.